The third-order valence-electron chi connectivity index (χ3n) is 5.00. The lowest BCUT2D eigenvalue weighted by Crippen LogP contribution is -2.32. The van der Waals surface area contributed by atoms with Gasteiger partial charge in [-0.3, -0.25) is 4.79 Å². The first kappa shape index (κ1) is 17.5. The molecular weight excluding hydrogens is 336 g/mol. The highest BCUT2D eigenvalue weighted by atomic mass is 16.2. The van der Waals surface area contributed by atoms with Crippen molar-refractivity contribution in [3.63, 3.8) is 0 Å². The fourth-order valence-corrected chi connectivity index (χ4v) is 3.57. The maximum atomic E-state index is 12.6. The number of nitrogens with zero attached hydrogens (tertiary/aromatic N) is 4. The van der Waals surface area contributed by atoms with Crippen LogP contribution in [0.5, 0.6) is 0 Å². The van der Waals surface area contributed by atoms with Crippen LogP contribution in [0.4, 0.5) is 5.69 Å². The summed E-state index contributed by atoms with van der Waals surface area (Å²) in [6.45, 7) is 2.30. The number of aromatic nitrogens is 2. The molecule has 2 aromatic carbocycles. The van der Waals surface area contributed by atoms with Crippen molar-refractivity contribution in [3.05, 3.63) is 78.1 Å². The van der Waals surface area contributed by atoms with Gasteiger partial charge >= 0.3 is 0 Å². The molecule has 0 spiro atoms. The molecular formula is C22H24N4O. The summed E-state index contributed by atoms with van der Waals surface area (Å²) in [7, 11) is 2.05. The summed E-state index contributed by atoms with van der Waals surface area (Å²) in [5.74, 6) is 0.201. The van der Waals surface area contributed by atoms with Crippen LogP contribution >= 0.6 is 0 Å². The predicted octanol–water partition coefficient (Wildman–Crippen LogP) is 3.28. The first-order chi connectivity index (χ1) is 13.2. The second-order valence-corrected chi connectivity index (χ2v) is 7.04. The first-order valence-corrected chi connectivity index (χ1v) is 9.36. The maximum absolute atomic E-state index is 12.6. The van der Waals surface area contributed by atoms with Gasteiger partial charge in [-0.2, -0.15) is 5.10 Å². The number of amides is 1. The van der Waals surface area contributed by atoms with Crippen molar-refractivity contribution in [3.8, 4) is 5.69 Å². The maximum Gasteiger partial charge on any atom is 0.228 e. The zero-order chi connectivity index (χ0) is 18.6. The summed E-state index contributed by atoms with van der Waals surface area (Å²) in [6, 6.07) is 18.3. The van der Waals surface area contributed by atoms with Gasteiger partial charge in [0.1, 0.15) is 0 Å². The minimum absolute atomic E-state index is 0.201. The third-order valence-corrected chi connectivity index (χ3v) is 5.00. The van der Waals surface area contributed by atoms with E-state index in [1.807, 2.05) is 77.6 Å². The Bertz CT molecular complexity index is 919. The van der Waals surface area contributed by atoms with Gasteiger partial charge in [-0.25, -0.2) is 4.68 Å². The van der Waals surface area contributed by atoms with Crippen LogP contribution in [0.3, 0.4) is 0 Å². The van der Waals surface area contributed by atoms with Gasteiger partial charge in [-0.1, -0.05) is 36.4 Å². The van der Waals surface area contributed by atoms with Crippen molar-refractivity contribution in [2.75, 3.05) is 25.0 Å². The van der Waals surface area contributed by atoms with Crippen LogP contribution in [-0.4, -0.2) is 40.7 Å². The molecule has 0 fully saturated rings. The number of carbonyl (C=O) groups excluding carboxylic acids is 1. The zero-order valence-electron chi connectivity index (χ0n) is 15.6. The lowest BCUT2D eigenvalue weighted by atomic mass is 10.2. The van der Waals surface area contributed by atoms with Gasteiger partial charge in [-0.15, -0.1) is 0 Å². The standard InChI is InChI=1S/C22H24N4O/c1-24(16-18-15-23-26(17-18)20-8-3-2-4-9-20)13-12-22(27)25-14-11-19-7-5-6-10-21(19)25/h2-10,15,17H,11-14,16H2,1H3. The van der Waals surface area contributed by atoms with Crippen LogP contribution in [0.1, 0.15) is 17.5 Å². The molecule has 5 heteroatoms. The van der Waals surface area contributed by atoms with Gasteiger partial charge < -0.3 is 9.80 Å². The summed E-state index contributed by atoms with van der Waals surface area (Å²) in [5.41, 5.74) is 4.54. The quantitative estimate of drug-likeness (QED) is 0.677. The molecule has 0 saturated carbocycles. The number of hydrogen-bond acceptors (Lipinski definition) is 3. The Morgan fingerprint density at radius 2 is 1.89 bits per heavy atom. The number of para-hydroxylation sites is 2. The normalized spacial score (nSPS) is 13.2. The molecule has 0 aliphatic carbocycles. The van der Waals surface area contributed by atoms with Crippen LogP contribution in [-0.2, 0) is 17.8 Å². The van der Waals surface area contributed by atoms with Crippen molar-refractivity contribution in [2.45, 2.75) is 19.4 Å². The summed E-state index contributed by atoms with van der Waals surface area (Å²) < 4.78 is 1.88. The number of fused-ring (bicyclic) bond motifs is 1. The van der Waals surface area contributed by atoms with E-state index in [2.05, 4.69) is 16.1 Å². The second kappa shape index (κ2) is 7.76. The highest BCUT2D eigenvalue weighted by molar-refractivity contribution is 5.95. The van der Waals surface area contributed by atoms with E-state index in [9.17, 15) is 4.79 Å². The van der Waals surface area contributed by atoms with Crippen LogP contribution in [0, 0.1) is 0 Å². The van der Waals surface area contributed by atoms with Gasteiger partial charge in [0.05, 0.1) is 11.9 Å². The fraction of sp³-hybridized carbons (Fsp3) is 0.273. The lowest BCUT2D eigenvalue weighted by molar-refractivity contribution is -0.118. The summed E-state index contributed by atoms with van der Waals surface area (Å²) in [5, 5.41) is 4.44. The highest BCUT2D eigenvalue weighted by Gasteiger charge is 2.23. The number of hydrogen-bond donors (Lipinski definition) is 0. The fourth-order valence-electron chi connectivity index (χ4n) is 3.57. The lowest BCUT2D eigenvalue weighted by Gasteiger charge is -2.20. The number of benzene rings is 2. The molecule has 1 amide bonds. The zero-order valence-corrected chi connectivity index (χ0v) is 15.6. The molecule has 27 heavy (non-hydrogen) atoms. The van der Waals surface area contributed by atoms with Gasteiger partial charge in [0.15, 0.2) is 0 Å². The molecule has 0 saturated heterocycles. The van der Waals surface area contributed by atoms with E-state index < -0.39 is 0 Å². The smallest absolute Gasteiger partial charge is 0.228 e. The topological polar surface area (TPSA) is 41.4 Å². The van der Waals surface area contributed by atoms with Crippen molar-refractivity contribution >= 4 is 11.6 Å². The molecule has 5 nitrogen and oxygen atoms in total. The molecule has 0 radical (unpaired) electrons. The third kappa shape index (κ3) is 3.93. The Hall–Kier alpha value is -2.92. The van der Waals surface area contributed by atoms with Gasteiger partial charge in [0.25, 0.3) is 0 Å². The van der Waals surface area contributed by atoms with Gasteiger partial charge in [0.2, 0.25) is 5.91 Å². The molecule has 0 N–H and O–H groups in total. The largest absolute Gasteiger partial charge is 0.312 e. The number of carbonyl (C=O) groups is 1. The van der Waals surface area contributed by atoms with Gasteiger partial charge in [0, 0.05) is 43.5 Å². The van der Waals surface area contributed by atoms with E-state index in [0.717, 1.165) is 43.0 Å². The minimum Gasteiger partial charge on any atom is -0.312 e. The molecule has 1 aliphatic rings. The van der Waals surface area contributed by atoms with E-state index in [1.165, 1.54) is 5.56 Å². The van der Waals surface area contributed by atoms with E-state index in [4.69, 9.17) is 0 Å². The Kier molecular flexibility index (Phi) is 5.03. The summed E-state index contributed by atoms with van der Waals surface area (Å²) in [4.78, 5) is 16.7. The number of rotatable bonds is 6. The summed E-state index contributed by atoms with van der Waals surface area (Å²) >= 11 is 0. The van der Waals surface area contributed by atoms with E-state index in [0.29, 0.717) is 6.42 Å². The van der Waals surface area contributed by atoms with Crippen LogP contribution < -0.4 is 4.90 Å². The molecule has 138 valence electrons. The van der Waals surface area contributed by atoms with E-state index >= 15 is 0 Å². The monoisotopic (exact) mass is 360 g/mol. The number of anilines is 1. The van der Waals surface area contributed by atoms with Crippen molar-refractivity contribution in [2.24, 2.45) is 0 Å². The minimum atomic E-state index is 0.201. The molecule has 1 aliphatic heterocycles. The SMILES string of the molecule is CN(CCC(=O)N1CCc2ccccc21)Cc1cnn(-c2ccccc2)c1. The molecule has 0 bridgehead atoms. The van der Waals surface area contributed by atoms with Crippen LogP contribution in [0.2, 0.25) is 0 Å². The Balaban J connectivity index is 1.31. The molecule has 0 atom stereocenters. The van der Waals surface area contributed by atoms with Crippen LogP contribution in [0.25, 0.3) is 5.69 Å². The molecule has 1 aromatic heterocycles. The van der Waals surface area contributed by atoms with Crippen molar-refractivity contribution in [1.82, 2.24) is 14.7 Å². The Morgan fingerprint density at radius 1 is 1.11 bits per heavy atom. The van der Waals surface area contributed by atoms with Crippen molar-refractivity contribution < 1.29 is 4.79 Å². The second-order valence-electron chi connectivity index (χ2n) is 7.04. The van der Waals surface area contributed by atoms with Gasteiger partial charge in [-0.05, 0) is 37.2 Å². The molecule has 0 unspecified atom stereocenters. The highest BCUT2D eigenvalue weighted by Crippen LogP contribution is 2.27. The molecule has 3 aromatic rings. The average molecular weight is 360 g/mol. The van der Waals surface area contributed by atoms with Crippen LogP contribution in [0.15, 0.2) is 67.0 Å². The van der Waals surface area contributed by atoms with E-state index in [-0.39, 0.29) is 5.91 Å². The van der Waals surface area contributed by atoms with Crippen molar-refractivity contribution in [1.29, 1.82) is 0 Å². The van der Waals surface area contributed by atoms with E-state index in [1.54, 1.807) is 0 Å². The molecule has 4 rings (SSSR count). The summed E-state index contributed by atoms with van der Waals surface area (Å²) in [6.07, 6.45) is 5.42. The molecule has 2 heterocycles. The Labute approximate surface area is 159 Å². The first-order valence-electron chi connectivity index (χ1n) is 9.36. The average Bonchev–Trinajstić information content (AvgIpc) is 3.34. The predicted molar refractivity (Wildman–Crippen MR) is 107 cm³/mol. The Morgan fingerprint density at radius 3 is 2.74 bits per heavy atom.